The summed E-state index contributed by atoms with van der Waals surface area (Å²) in [7, 11) is 1.57. The number of allylic oxidation sites excluding steroid dienone is 1. The maximum atomic E-state index is 12.2. The third-order valence-corrected chi connectivity index (χ3v) is 3.30. The molecule has 0 spiro atoms. The number of carbonyl (C=O) groups is 1. The van der Waals surface area contributed by atoms with Crippen LogP contribution in [0.1, 0.15) is 15.9 Å². The van der Waals surface area contributed by atoms with Crippen LogP contribution in [0.3, 0.4) is 0 Å². The fourth-order valence-corrected chi connectivity index (χ4v) is 2.13. The number of Topliss-reactive ketones (excluding diaryl/α,β-unsaturated/α-hetero) is 1. The molecule has 0 bridgehead atoms. The highest BCUT2D eigenvalue weighted by atomic mass is 35.5. The van der Waals surface area contributed by atoms with E-state index in [0.717, 1.165) is 5.56 Å². The summed E-state index contributed by atoms with van der Waals surface area (Å²) in [6, 6.07) is 12.3. The lowest BCUT2D eigenvalue weighted by molar-refractivity contribution is 0.101. The normalized spacial score (nSPS) is 15.1. The maximum absolute atomic E-state index is 12.2. The lowest BCUT2D eigenvalue weighted by Gasteiger charge is -2.01. The molecule has 4 heteroatoms. The van der Waals surface area contributed by atoms with E-state index >= 15 is 0 Å². The van der Waals surface area contributed by atoms with Crippen molar-refractivity contribution in [3.05, 3.63) is 64.4 Å². The molecule has 1 aliphatic heterocycles. The van der Waals surface area contributed by atoms with E-state index in [4.69, 9.17) is 21.1 Å². The van der Waals surface area contributed by atoms with Crippen LogP contribution >= 0.6 is 11.6 Å². The van der Waals surface area contributed by atoms with Gasteiger partial charge in [-0.1, -0.05) is 23.7 Å². The fraction of sp³-hybridized carbons (Fsp3) is 0.0625. The largest absolute Gasteiger partial charge is 0.497 e. The van der Waals surface area contributed by atoms with Gasteiger partial charge in [0.15, 0.2) is 5.76 Å². The fourth-order valence-electron chi connectivity index (χ4n) is 2.00. The van der Waals surface area contributed by atoms with E-state index in [-0.39, 0.29) is 5.78 Å². The number of halogens is 1. The predicted molar refractivity (Wildman–Crippen MR) is 77.4 cm³/mol. The van der Waals surface area contributed by atoms with Crippen LogP contribution in [0.5, 0.6) is 11.5 Å². The number of ketones is 1. The molecule has 20 heavy (non-hydrogen) atoms. The number of benzene rings is 2. The van der Waals surface area contributed by atoms with Crippen LogP contribution in [0.15, 0.2) is 48.2 Å². The summed E-state index contributed by atoms with van der Waals surface area (Å²) in [5.41, 5.74) is 1.41. The van der Waals surface area contributed by atoms with Gasteiger partial charge in [0.2, 0.25) is 5.78 Å². The smallest absolute Gasteiger partial charge is 0.231 e. The molecule has 3 rings (SSSR count). The summed E-state index contributed by atoms with van der Waals surface area (Å²) in [4.78, 5) is 12.2. The monoisotopic (exact) mass is 286 g/mol. The molecule has 2 aromatic carbocycles. The van der Waals surface area contributed by atoms with Gasteiger partial charge in [-0.15, -0.1) is 0 Å². The second-order valence-corrected chi connectivity index (χ2v) is 4.79. The van der Waals surface area contributed by atoms with Crippen LogP contribution in [-0.2, 0) is 0 Å². The molecular weight excluding hydrogens is 276 g/mol. The number of carbonyl (C=O) groups excluding carboxylic acids is 1. The van der Waals surface area contributed by atoms with E-state index in [2.05, 4.69) is 0 Å². The molecule has 0 unspecified atom stereocenters. The number of ether oxygens (including phenoxy) is 2. The Bertz CT molecular complexity index is 702. The number of fused-ring (bicyclic) bond motifs is 1. The van der Waals surface area contributed by atoms with Crippen molar-refractivity contribution in [3.63, 3.8) is 0 Å². The Balaban J connectivity index is 1.94. The van der Waals surface area contributed by atoms with Crippen molar-refractivity contribution < 1.29 is 14.3 Å². The minimum atomic E-state index is -0.127. The lowest BCUT2D eigenvalue weighted by atomic mass is 10.1. The van der Waals surface area contributed by atoms with Gasteiger partial charge < -0.3 is 9.47 Å². The Hall–Kier alpha value is -2.26. The van der Waals surface area contributed by atoms with Crippen molar-refractivity contribution in [2.75, 3.05) is 7.11 Å². The van der Waals surface area contributed by atoms with E-state index < -0.39 is 0 Å². The summed E-state index contributed by atoms with van der Waals surface area (Å²) in [6.45, 7) is 0. The number of hydrogen-bond acceptors (Lipinski definition) is 3. The van der Waals surface area contributed by atoms with Gasteiger partial charge in [-0.3, -0.25) is 4.79 Å². The first kappa shape index (κ1) is 12.8. The maximum Gasteiger partial charge on any atom is 0.231 e. The van der Waals surface area contributed by atoms with Gasteiger partial charge in [-0.05, 0) is 35.9 Å². The highest BCUT2D eigenvalue weighted by Gasteiger charge is 2.27. The summed E-state index contributed by atoms with van der Waals surface area (Å²) >= 11 is 5.83. The van der Waals surface area contributed by atoms with Crippen molar-refractivity contribution in [1.29, 1.82) is 0 Å². The molecule has 0 aliphatic carbocycles. The molecule has 0 aromatic heterocycles. The van der Waals surface area contributed by atoms with Crippen LogP contribution in [0.25, 0.3) is 6.08 Å². The Labute approximate surface area is 121 Å². The lowest BCUT2D eigenvalue weighted by Crippen LogP contribution is -1.97. The SMILES string of the molecule is COc1ccc2c(c1)O/C(=C\c1ccc(Cl)cc1)C2=O. The van der Waals surface area contributed by atoms with Crippen LogP contribution in [0, 0.1) is 0 Å². The molecule has 3 nitrogen and oxygen atoms in total. The summed E-state index contributed by atoms with van der Waals surface area (Å²) in [6.07, 6.45) is 1.70. The molecule has 0 saturated carbocycles. The average Bonchev–Trinajstić information content (AvgIpc) is 2.77. The molecule has 100 valence electrons. The number of hydrogen-bond donors (Lipinski definition) is 0. The molecule has 1 heterocycles. The minimum Gasteiger partial charge on any atom is -0.497 e. The standard InChI is InChI=1S/C16H11ClO3/c1-19-12-6-7-13-14(9-12)20-15(16(13)18)8-10-2-4-11(17)5-3-10/h2-9H,1H3/b15-8-. The van der Waals surface area contributed by atoms with Gasteiger partial charge in [-0.25, -0.2) is 0 Å². The first-order valence-electron chi connectivity index (χ1n) is 6.05. The first-order valence-corrected chi connectivity index (χ1v) is 6.43. The number of rotatable bonds is 2. The molecule has 0 fully saturated rings. The van der Waals surface area contributed by atoms with Gasteiger partial charge in [0, 0.05) is 11.1 Å². The second-order valence-electron chi connectivity index (χ2n) is 4.35. The summed E-state index contributed by atoms with van der Waals surface area (Å²) in [5.74, 6) is 1.35. The third kappa shape index (κ3) is 2.28. The quantitative estimate of drug-likeness (QED) is 0.784. The van der Waals surface area contributed by atoms with E-state index in [0.29, 0.717) is 27.8 Å². The predicted octanol–water partition coefficient (Wildman–Crippen LogP) is 3.96. The van der Waals surface area contributed by atoms with Gasteiger partial charge in [-0.2, -0.15) is 0 Å². The summed E-state index contributed by atoms with van der Waals surface area (Å²) < 4.78 is 10.7. The molecule has 0 radical (unpaired) electrons. The van der Waals surface area contributed by atoms with Gasteiger partial charge >= 0.3 is 0 Å². The van der Waals surface area contributed by atoms with Crippen LogP contribution in [0.2, 0.25) is 5.02 Å². The van der Waals surface area contributed by atoms with E-state index in [1.165, 1.54) is 0 Å². The van der Waals surface area contributed by atoms with Gasteiger partial charge in [0.1, 0.15) is 11.5 Å². The van der Waals surface area contributed by atoms with Crippen molar-refractivity contribution in [3.8, 4) is 11.5 Å². The Kier molecular flexibility index (Phi) is 3.20. The van der Waals surface area contributed by atoms with E-state index in [1.807, 2.05) is 12.1 Å². The van der Waals surface area contributed by atoms with E-state index in [1.54, 1.807) is 43.5 Å². The average molecular weight is 287 g/mol. The van der Waals surface area contributed by atoms with Gasteiger partial charge in [0.25, 0.3) is 0 Å². The first-order chi connectivity index (χ1) is 9.67. The molecule has 1 aliphatic rings. The van der Waals surface area contributed by atoms with E-state index in [9.17, 15) is 4.79 Å². The highest BCUT2D eigenvalue weighted by Crippen LogP contribution is 2.34. The van der Waals surface area contributed by atoms with Crippen molar-refractivity contribution in [1.82, 2.24) is 0 Å². The molecule has 0 saturated heterocycles. The van der Waals surface area contributed by atoms with Gasteiger partial charge in [0.05, 0.1) is 12.7 Å². The zero-order chi connectivity index (χ0) is 14.1. The Morgan fingerprint density at radius 3 is 2.60 bits per heavy atom. The number of methoxy groups -OCH3 is 1. The zero-order valence-corrected chi connectivity index (χ0v) is 11.5. The van der Waals surface area contributed by atoms with Crippen LogP contribution < -0.4 is 9.47 Å². The topological polar surface area (TPSA) is 35.5 Å². The highest BCUT2D eigenvalue weighted by molar-refractivity contribution is 6.30. The Morgan fingerprint density at radius 1 is 1.15 bits per heavy atom. The molecule has 0 atom stereocenters. The molecule has 2 aromatic rings. The molecular formula is C16H11ClO3. The molecule has 0 amide bonds. The second kappa shape index (κ2) is 5.02. The van der Waals surface area contributed by atoms with Crippen molar-refractivity contribution >= 4 is 23.5 Å². The van der Waals surface area contributed by atoms with Crippen LogP contribution in [0.4, 0.5) is 0 Å². The Morgan fingerprint density at radius 2 is 1.90 bits per heavy atom. The van der Waals surface area contributed by atoms with Crippen molar-refractivity contribution in [2.24, 2.45) is 0 Å². The van der Waals surface area contributed by atoms with Crippen molar-refractivity contribution in [2.45, 2.75) is 0 Å². The zero-order valence-electron chi connectivity index (χ0n) is 10.7. The summed E-state index contributed by atoms with van der Waals surface area (Å²) in [5, 5.41) is 0.652. The minimum absolute atomic E-state index is 0.127. The van der Waals surface area contributed by atoms with Crippen LogP contribution in [-0.4, -0.2) is 12.9 Å². The molecule has 0 N–H and O–H groups in total. The third-order valence-electron chi connectivity index (χ3n) is 3.04.